The van der Waals surface area contributed by atoms with Gasteiger partial charge in [0.15, 0.2) is 0 Å². The Morgan fingerprint density at radius 2 is 2.04 bits per heavy atom. The van der Waals surface area contributed by atoms with Gasteiger partial charge < -0.3 is 5.32 Å². The van der Waals surface area contributed by atoms with Gasteiger partial charge in [-0.15, -0.1) is 5.10 Å². The zero-order chi connectivity index (χ0) is 18.0. The van der Waals surface area contributed by atoms with E-state index >= 15 is 0 Å². The summed E-state index contributed by atoms with van der Waals surface area (Å²) in [5, 5.41) is 14.6. The van der Waals surface area contributed by atoms with Crippen LogP contribution in [0.5, 0.6) is 0 Å². The third-order valence-electron chi connectivity index (χ3n) is 3.69. The van der Waals surface area contributed by atoms with Crippen LogP contribution in [0.2, 0.25) is 0 Å². The van der Waals surface area contributed by atoms with Crippen LogP contribution in [0.3, 0.4) is 0 Å². The predicted molar refractivity (Wildman–Crippen MR) is 86.8 cm³/mol. The molecule has 1 aromatic carbocycles. The number of urea groups is 1. The number of hydrogen-bond donors (Lipinski definition) is 2. The molecule has 1 fully saturated rings. The normalized spacial score (nSPS) is 19.8. The lowest BCUT2D eigenvalue weighted by Gasteiger charge is -2.22. The number of imide groups is 1. The summed E-state index contributed by atoms with van der Waals surface area (Å²) >= 11 is 1.09. The van der Waals surface area contributed by atoms with Crippen molar-refractivity contribution in [3.05, 3.63) is 35.9 Å². The van der Waals surface area contributed by atoms with E-state index < -0.39 is 23.4 Å². The molecule has 10 nitrogen and oxygen atoms in total. The summed E-state index contributed by atoms with van der Waals surface area (Å²) in [4.78, 5) is 36.8. The molecule has 0 bridgehead atoms. The van der Waals surface area contributed by atoms with E-state index in [0.29, 0.717) is 15.7 Å². The quantitative estimate of drug-likeness (QED) is 0.558. The van der Waals surface area contributed by atoms with Crippen molar-refractivity contribution in [1.29, 1.82) is 0 Å². The number of nitrogens with one attached hydrogen (secondary N) is 2. The van der Waals surface area contributed by atoms with Crippen LogP contribution in [-0.4, -0.2) is 48.8 Å². The zero-order valence-electron chi connectivity index (χ0n) is 13.5. The molecular formula is C14H15N7O3S. The molecule has 3 rings (SSSR count). The molecule has 0 spiro atoms. The van der Waals surface area contributed by atoms with Gasteiger partial charge in [0.1, 0.15) is 5.54 Å². The minimum absolute atomic E-state index is 0.0483. The highest BCUT2D eigenvalue weighted by atomic mass is 32.2. The maximum Gasteiger partial charge on any atom is 0.344 e. The molecule has 1 aliphatic heterocycles. The SMILES string of the molecule is Cn1nnnc1SCC(=O)NN1C(=O)N[C@](C)(c2ccccc2)C1=O. The maximum atomic E-state index is 12.6. The monoisotopic (exact) mass is 361 g/mol. The topological polar surface area (TPSA) is 122 Å². The van der Waals surface area contributed by atoms with Gasteiger partial charge in [0.2, 0.25) is 11.1 Å². The number of hydrazine groups is 1. The first-order valence-corrected chi connectivity index (χ1v) is 8.27. The van der Waals surface area contributed by atoms with Crippen LogP contribution in [0.4, 0.5) is 4.79 Å². The standard InChI is InChI=1S/C14H15N7O3S/c1-14(9-6-4-3-5-7-9)11(23)21(12(24)15-14)17-10(22)8-25-13-16-18-19-20(13)2/h3-7H,8H2,1-2H3,(H,15,24)(H,17,22)/t14-/m1/s1. The number of thioether (sulfide) groups is 1. The van der Waals surface area contributed by atoms with Crippen LogP contribution >= 0.6 is 11.8 Å². The van der Waals surface area contributed by atoms with Crippen molar-refractivity contribution in [2.45, 2.75) is 17.6 Å². The molecule has 1 aliphatic rings. The number of carbonyl (C=O) groups excluding carboxylic acids is 3. The fourth-order valence-electron chi connectivity index (χ4n) is 2.34. The van der Waals surface area contributed by atoms with Gasteiger partial charge in [0.25, 0.3) is 5.91 Å². The van der Waals surface area contributed by atoms with E-state index in [1.165, 1.54) is 4.68 Å². The van der Waals surface area contributed by atoms with Crippen molar-refractivity contribution in [1.82, 2.24) is 36.0 Å². The van der Waals surface area contributed by atoms with E-state index in [0.717, 1.165) is 11.8 Å². The molecule has 0 saturated carbocycles. The van der Waals surface area contributed by atoms with Gasteiger partial charge in [0, 0.05) is 7.05 Å². The fraction of sp³-hybridized carbons (Fsp3) is 0.286. The summed E-state index contributed by atoms with van der Waals surface area (Å²) in [7, 11) is 1.64. The second kappa shape index (κ2) is 6.51. The molecule has 1 atom stereocenters. The number of aryl methyl sites for hydroxylation is 1. The molecule has 25 heavy (non-hydrogen) atoms. The zero-order valence-corrected chi connectivity index (χ0v) is 14.3. The second-order valence-corrected chi connectivity index (χ2v) is 6.41. The first-order chi connectivity index (χ1) is 11.9. The van der Waals surface area contributed by atoms with E-state index in [2.05, 4.69) is 26.3 Å². The average molecular weight is 361 g/mol. The Balaban J connectivity index is 1.67. The molecule has 0 aliphatic carbocycles. The Hall–Kier alpha value is -2.95. The Bertz CT molecular complexity index is 825. The summed E-state index contributed by atoms with van der Waals surface area (Å²) in [5.41, 5.74) is 1.72. The summed E-state index contributed by atoms with van der Waals surface area (Å²) in [6, 6.07) is 8.14. The first kappa shape index (κ1) is 16.9. The molecule has 2 aromatic rings. The van der Waals surface area contributed by atoms with Crippen LogP contribution in [0, 0.1) is 0 Å². The van der Waals surface area contributed by atoms with Gasteiger partial charge in [0.05, 0.1) is 5.75 Å². The van der Waals surface area contributed by atoms with Crippen molar-refractivity contribution in [3.63, 3.8) is 0 Å². The van der Waals surface area contributed by atoms with Gasteiger partial charge >= 0.3 is 6.03 Å². The molecule has 2 N–H and O–H groups in total. The molecule has 11 heteroatoms. The largest absolute Gasteiger partial charge is 0.344 e. The van der Waals surface area contributed by atoms with Crippen LogP contribution < -0.4 is 10.7 Å². The third-order valence-corrected chi connectivity index (χ3v) is 4.70. The van der Waals surface area contributed by atoms with Crippen molar-refractivity contribution in [2.24, 2.45) is 7.05 Å². The van der Waals surface area contributed by atoms with Gasteiger partial charge in [-0.2, -0.15) is 5.01 Å². The lowest BCUT2D eigenvalue weighted by atomic mass is 9.92. The average Bonchev–Trinajstić information content (AvgIpc) is 3.11. The van der Waals surface area contributed by atoms with Crippen LogP contribution in [-0.2, 0) is 22.2 Å². The minimum atomic E-state index is -1.23. The van der Waals surface area contributed by atoms with Crippen LogP contribution in [0.1, 0.15) is 12.5 Å². The number of rotatable bonds is 5. The highest BCUT2D eigenvalue weighted by molar-refractivity contribution is 7.99. The van der Waals surface area contributed by atoms with Crippen molar-refractivity contribution >= 4 is 29.6 Å². The minimum Gasteiger partial charge on any atom is -0.318 e. The number of amides is 4. The number of benzene rings is 1. The van der Waals surface area contributed by atoms with Gasteiger partial charge in [-0.3, -0.25) is 15.0 Å². The van der Waals surface area contributed by atoms with E-state index in [1.807, 2.05) is 6.07 Å². The third kappa shape index (κ3) is 3.18. The number of aromatic nitrogens is 4. The molecule has 0 radical (unpaired) electrons. The molecule has 1 aromatic heterocycles. The molecule has 4 amide bonds. The second-order valence-electron chi connectivity index (χ2n) is 5.47. The van der Waals surface area contributed by atoms with Gasteiger partial charge in [-0.25, -0.2) is 9.48 Å². The maximum absolute atomic E-state index is 12.6. The van der Waals surface area contributed by atoms with E-state index in [-0.39, 0.29) is 5.75 Å². The van der Waals surface area contributed by atoms with E-state index in [9.17, 15) is 14.4 Å². The summed E-state index contributed by atoms with van der Waals surface area (Å²) in [6.07, 6.45) is 0. The van der Waals surface area contributed by atoms with Gasteiger partial charge in [-0.1, -0.05) is 42.1 Å². The molecule has 1 saturated heterocycles. The lowest BCUT2D eigenvalue weighted by molar-refractivity contribution is -0.138. The summed E-state index contributed by atoms with van der Waals surface area (Å²) in [6.45, 7) is 1.59. The highest BCUT2D eigenvalue weighted by Gasteiger charge is 2.49. The smallest absolute Gasteiger partial charge is 0.318 e. The fourth-order valence-corrected chi connectivity index (χ4v) is 2.98. The summed E-state index contributed by atoms with van der Waals surface area (Å²) in [5.74, 6) is -1.12. The Morgan fingerprint density at radius 3 is 2.68 bits per heavy atom. The molecule has 2 heterocycles. The Morgan fingerprint density at radius 1 is 1.32 bits per heavy atom. The number of carbonyl (C=O) groups is 3. The molecule has 130 valence electrons. The van der Waals surface area contributed by atoms with E-state index in [4.69, 9.17) is 0 Å². The highest BCUT2D eigenvalue weighted by Crippen LogP contribution is 2.27. The van der Waals surface area contributed by atoms with Crippen LogP contribution in [0.25, 0.3) is 0 Å². The van der Waals surface area contributed by atoms with Crippen molar-refractivity contribution in [2.75, 3.05) is 5.75 Å². The molecule has 0 unspecified atom stereocenters. The number of nitrogens with zero attached hydrogens (tertiary/aromatic N) is 5. The lowest BCUT2D eigenvalue weighted by Crippen LogP contribution is -2.48. The number of tetrazole rings is 1. The van der Waals surface area contributed by atoms with E-state index in [1.54, 1.807) is 38.2 Å². The van der Waals surface area contributed by atoms with Gasteiger partial charge in [-0.05, 0) is 22.9 Å². The number of hydrogen-bond acceptors (Lipinski definition) is 7. The van der Waals surface area contributed by atoms with Crippen molar-refractivity contribution in [3.8, 4) is 0 Å². The predicted octanol–water partition coefficient (Wildman–Crippen LogP) is -0.199. The Kier molecular flexibility index (Phi) is 4.40. The molecular weight excluding hydrogens is 346 g/mol. The Labute approximate surface area is 146 Å². The van der Waals surface area contributed by atoms with Crippen molar-refractivity contribution < 1.29 is 14.4 Å². The van der Waals surface area contributed by atoms with Crippen LogP contribution in [0.15, 0.2) is 35.5 Å². The first-order valence-electron chi connectivity index (χ1n) is 7.28. The summed E-state index contributed by atoms with van der Waals surface area (Å²) < 4.78 is 1.41.